The van der Waals surface area contributed by atoms with Gasteiger partial charge in [-0.15, -0.1) is 5.10 Å². The largest absolute Gasteiger partial charge is 0.332 e. The first-order valence-corrected chi connectivity index (χ1v) is 7.26. The number of rotatable bonds is 3. The van der Waals surface area contributed by atoms with Crippen LogP contribution in [0.25, 0.3) is 17.1 Å². The van der Waals surface area contributed by atoms with Crippen molar-refractivity contribution in [1.82, 2.24) is 24.5 Å². The molecule has 0 atom stereocenters. The Labute approximate surface area is 125 Å². The summed E-state index contributed by atoms with van der Waals surface area (Å²) >= 11 is 0. The molecule has 0 aliphatic carbocycles. The first kappa shape index (κ1) is 15.0. The van der Waals surface area contributed by atoms with Gasteiger partial charge in [0.15, 0.2) is 0 Å². The van der Waals surface area contributed by atoms with E-state index >= 15 is 0 Å². The first-order valence-electron chi connectivity index (χ1n) is 7.26. The Morgan fingerprint density at radius 1 is 1.00 bits per heavy atom. The maximum Gasteiger partial charge on any atom is 0.112 e. The van der Waals surface area contributed by atoms with Crippen LogP contribution < -0.4 is 0 Å². The molecule has 21 heavy (non-hydrogen) atoms. The van der Waals surface area contributed by atoms with Crippen molar-refractivity contribution in [2.45, 2.75) is 27.2 Å². The van der Waals surface area contributed by atoms with Crippen LogP contribution in [0.15, 0.2) is 43.0 Å². The molecule has 0 fully saturated rings. The zero-order valence-electron chi connectivity index (χ0n) is 13.0. The van der Waals surface area contributed by atoms with E-state index in [4.69, 9.17) is 0 Å². The van der Waals surface area contributed by atoms with Gasteiger partial charge in [0, 0.05) is 7.05 Å². The van der Waals surface area contributed by atoms with Gasteiger partial charge in [0.2, 0.25) is 0 Å². The highest BCUT2D eigenvalue weighted by atomic mass is 15.4. The molecule has 5 nitrogen and oxygen atoms in total. The monoisotopic (exact) mass is 283 g/mol. The summed E-state index contributed by atoms with van der Waals surface area (Å²) in [6.07, 6.45) is 6.37. The van der Waals surface area contributed by atoms with Gasteiger partial charge in [-0.1, -0.05) is 38.1 Å². The Kier molecular flexibility index (Phi) is 4.87. The Morgan fingerprint density at radius 2 is 1.71 bits per heavy atom. The Bertz CT molecular complexity index is 679. The van der Waals surface area contributed by atoms with Crippen LogP contribution in [-0.2, 0) is 13.5 Å². The van der Waals surface area contributed by atoms with Crippen LogP contribution in [0.4, 0.5) is 0 Å². The smallest absolute Gasteiger partial charge is 0.112 e. The maximum absolute atomic E-state index is 4.16. The maximum atomic E-state index is 4.16. The van der Waals surface area contributed by atoms with E-state index in [1.165, 1.54) is 5.56 Å². The van der Waals surface area contributed by atoms with Crippen LogP contribution in [0, 0.1) is 0 Å². The number of benzene rings is 1. The van der Waals surface area contributed by atoms with E-state index in [1.54, 1.807) is 12.5 Å². The molecule has 0 amide bonds. The van der Waals surface area contributed by atoms with Crippen molar-refractivity contribution in [2.24, 2.45) is 7.05 Å². The minimum atomic E-state index is 0.934. The van der Waals surface area contributed by atoms with Crippen molar-refractivity contribution in [3.8, 4) is 17.1 Å². The molecule has 0 saturated carbocycles. The molecule has 3 rings (SSSR count). The van der Waals surface area contributed by atoms with Crippen molar-refractivity contribution in [3.05, 3.63) is 48.5 Å². The number of nitrogens with zero attached hydrogens (tertiary/aromatic N) is 5. The average Bonchev–Trinajstić information content (AvgIpc) is 3.17. The van der Waals surface area contributed by atoms with E-state index in [0.29, 0.717) is 0 Å². The SMILES string of the molecule is CC.CCc1ccc(-n2nncc2-c2cncn2C)cc1. The van der Waals surface area contributed by atoms with E-state index in [-0.39, 0.29) is 0 Å². The first-order chi connectivity index (χ1) is 10.3. The van der Waals surface area contributed by atoms with Gasteiger partial charge < -0.3 is 4.57 Å². The lowest BCUT2D eigenvalue weighted by molar-refractivity contribution is 0.799. The molecule has 0 spiro atoms. The number of aryl methyl sites for hydroxylation is 2. The highest BCUT2D eigenvalue weighted by Gasteiger charge is 2.11. The summed E-state index contributed by atoms with van der Waals surface area (Å²) in [5.41, 5.74) is 4.24. The van der Waals surface area contributed by atoms with E-state index in [2.05, 4.69) is 46.5 Å². The van der Waals surface area contributed by atoms with Gasteiger partial charge in [-0.3, -0.25) is 0 Å². The summed E-state index contributed by atoms with van der Waals surface area (Å²) in [4.78, 5) is 4.13. The third kappa shape index (κ3) is 3.02. The summed E-state index contributed by atoms with van der Waals surface area (Å²) in [5.74, 6) is 0. The molecule has 0 unspecified atom stereocenters. The molecule has 1 aromatic carbocycles. The minimum Gasteiger partial charge on any atom is -0.332 e. The normalized spacial score (nSPS) is 10.1. The second-order valence-electron chi connectivity index (χ2n) is 4.44. The van der Waals surface area contributed by atoms with Crippen molar-refractivity contribution >= 4 is 0 Å². The van der Waals surface area contributed by atoms with Crippen LogP contribution in [-0.4, -0.2) is 24.5 Å². The predicted octanol–water partition coefficient (Wildman–Crippen LogP) is 3.26. The fourth-order valence-electron chi connectivity index (χ4n) is 2.08. The van der Waals surface area contributed by atoms with E-state index < -0.39 is 0 Å². The summed E-state index contributed by atoms with van der Waals surface area (Å²) in [7, 11) is 1.96. The minimum absolute atomic E-state index is 0.934. The molecule has 0 aliphatic heterocycles. The lowest BCUT2D eigenvalue weighted by atomic mass is 10.1. The third-order valence-electron chi connectivity index (χ3n) is 3.22. The van der Waals surface area contributed by atoms with Gasteiger partial charge >= 0.3 is 0 Å². The Hall–Kier alpha value is -2.43. The zero-order valence-corrected chi connectivity index (χ0v) is 13.0. The second kappa shape index (κ2) is 6.83. The quantitative estimate of drug-likeness (QED) is 0.741. The molecular weight excluding hydrogens is 262 g/mol. The fourth-order valence-corrected chi connectivity index (χ4v) is 2.08. The Morgan fingerprint density at radius 3 is 2.29 bits per heavy atom. The average molecular weight is 283 g/mol. The molecule has 3 aromatic rings. The standard InChI is InChI=1S/C14H15N5.C2H6/c1-3-11-4-6-12(7-5-11)19-14(9-16-17-19)13-8-15-10-18(13)2;1-2/h4-10H,3H2,1-2H3;1-2H3. The lowest BCUT2D eigenvalue weighted by Crippen LogP contribution is -2.01. The third-order valence-corrected chi connectivity index (χ3v) is 3.22. The van der Waals surface area contributed by atoms with Crippen LogP contribution in [0.5, 0.6) is 0 Å². The van der Waals surface area contributed by atoms with Gasteiger partial charge in [0.25, 0.3) is 0 Å². The topological polar surface area (TPSA) is 48.5 Å². The lowest BCUT2D eigenvalue weighted by Gasteiger charge is -2.07. The van der Waals surface area contributed by atoms with Crippen LogP contribution in [0.2, 0.25) is 0 Å². The van der Waals surface area contributed by atoms with Gasteiger partial charge in [-0.05, 0) is 24.1 Å². The second-order valence-corrected chi connectivity index (χ2v) is 4.44. The van der Waals surface area contributed by atoms with Gasteiger partial charge in [0.05, 0.1) is 30.1 Å². The van der Waals surface area contributed by atoms with Crippen LogP contribution >= 0.6 is 0 Å². The highest BCUT2D eigenvalue weighted by Crippen LogP contribution is 2.20. The van der Waals surface area contributed by atoms with Crippen molar-refractivity contribution in [2.75, 3.05) is 0 Å². The summed E-state index contributed by atoms with van der Waals surface area (Å²) in [6, 6.07) is 8.36. The molecule has 2 heterocycles. The summed E-state index contributed by atoms with van der Waals surface area (Å²) < 4.78 is 3.78. The van der Waals surface area contributed by atoms with Crippen molar-refractivity contribution in [3.63, 3.8) is 0 Å². The van der Waals surface area contributed by atoms with Crippen LogP contribution in [0.3, 0.4) is 0 Å². The summed E-state index contributed by atoms with van der Waals surface area (Å²) in [5, 5.41) is 8.17. The van der Waals surface area contributed by atoms with Gasteiger partial charge in [-0.2, -0.15) is 0 Å². The molecule has 0 radical (unpaired) electrons. The molecule has 2 aromatic heterocycles. The zero-order chi connectivity index (χ0) is 15.2. The molecule has 0 bridgehead atoms. The van der Waals surface area contributed by atoms with E-state index in [9.17, 15) is 0 Å². The van der Waals surface area contributed by atoms with Crippen molar-refractivity contribution in [1.29, 1.82) is 0 Å². The van der Waals surface area contributed by atoms with E-state index in [0.717, 1.165) is 23.5 Å². The molecule has 110 valence electrons. The predicted molar refractivity (Wildman–Crippen MR) is 84.3 cm³/mol. The molecule has 0 saturated heterocycles. The van der Waals surface area contributed by atoms with Crippen molar-refractivity contribution < 1.29 is 0 Å². The van der Waals surface area contributed by atoms with Gasteiger partial charge in [0.1, 0.15) is 5.69 Å². The fraction of sp³-hybridized carbons (Fsp3) is 0.312. The van der Waals surface area contributed by atoms with Gasteiger partial charge in [-0.25, -0.2) is 9.67 Å². The number of aromatic nitrogens is 5. The van der Waals surface area contributed by atoms with Crippen LogP contribution in [0.1, 0.15) is 26.3 Å². The molecule has 0 N–H and O–H groups in total. The summed E-state index contributed by atoms with van der Waals surface area (Å²) in [6.45, 7) is 6.14. The molecular formula is C16H21N5. The molecule has 5 heteroatoms. The number of hydrogen-bond acceptors (Lipinski definition) is 3. The highest BCUT2D eigenvalue weighted by molar-refractivity contribution is 5.56. The Balaban J connectivity index is 0.000000774. The number of hydrogen-bond donors (Lipinski definition) is 0. The molecule has 0 aliphatic rings. The van der Waals surface area contributed by atoms with E-state index in [1.807, 2.05) is 36.3 Å². The number of imidazole rings is 1.